The number of Topliss-reactive ketones (excluding diaryl/α,β-unsaturated/α-hetero) is 1. The number of nitrogens with one attached hydrogen (secondary N) is 2. The molecule has 4 rings (SSSR count). The maximum absolute atomic E-state index is 13.9. The number of amides is 1. The lowest BCUT2D eigenvalue weighted by atomic mass is 9.43. The van der Waals surface area contributed by atoms with Crippen LogP contribution in [-0.2, 0) is 18.9 Å². The molecule has 4 aliphatic rings. The van der Waals surface area contributed by atoms with Crippen LogP contribution in [0.25, 0.3) is 0 Å². The quantitative estimate of drug-likeness (QED) is 0.0330. The molecule has 1 saturated heterocycles. The summed E-state index contributed by atoms with van der Waals surface area (Å²) in [6.45, 7) is 11.2. The molecule has 1 amide bonds. The summed E-state index contributed by atoms with van der Waals surface area (Å²) in [5, 5.41) is 21.7. The Morgan fingerprint density at radius 2 is 1.74 bits per heavy atom. The van der Waals surface area contributed by atoms with E-state index >= 15 is 0 Å². The summed E-state index contributed by atoms with van der Waals surface area (Å²) in [5.74, 6) is -0.00528. The number of carbonyl (C=O) groups is 2. The zero-order valence-corrected chi connectivity index (χ0v) is 29.4. The number of nitrogens with zero attached hydrogens (tertiary/aromatic N) is 3. The number of unbranched alkanes of at least 4 members (excludes halogenated alkanes) is 8. The lowest BCUT2D eigenvalue weighted by Gasteiger charge is -2.64. The number of nitro groups is 1. The van der Waals surface area contributed by atoms with E-state index in [0.717, 1.165) is 64.2 Å². The van der Waals surface area contributed by atoms with Gasteiger partial charge < -0.3 is 20.4 Å². The van der Waals surface area contributed by atoms with Gasteiger partial charge in [0.05, 0.1) is 23.7 Å². The van der Waals surface area contributed by atoms with E-state index in [0.29, 0.717) is 43.9 Å². The molecule has 3 saturated carbocycles. The van der Waals surface area contributed by atoms with Gasteiger partial charge in [0.2, 0.25) is 5.91 Å². The van der Waals surface area contributed by atoms with Gasteiger partial charge in [0.15, 0.2) is 5.03 Å². The fourth-order valence-electron chi connectivity index (χ4n) is 8.07. The zero-order chi connectivity index (χ0) is 34.6. The molecule has 2 bridgehead atoms. The van der Waals surface area contributed by atoms with Crippen LogP contribution in [0.1, 0.15) is 137 Å². The first-order chi connectivity index (χ1) is 22.3. The summed E-state index contributed by atoms with van der Waals surface area (Å²) in [6.07, 6.45) is 13.2. The van der Waals surface area contributed by atoms with Gasteiger partial charge in [-0.1, -0.05) is 71.6 Å². The van der Waals surface area contributed by atoms with Crippen LogP contribution in [0.2, 0.25) is 0 Å². The number of nitrogens with two attached hydrogens (primary N) is 1. The van der Waals surface area contributed by atoms with Gasteiger partial charge in [0.25, 0.3) is 5.96 Å². The third-order valence-electron chi connectivity index (χ3n) is 10.9. The number of aliphatic imine (C=N–C) groups is 1. The van der Waals surface area contributed by atoms with Crippen LogP contribution in [0.4, 0.5) is 0 Å². The summed E-state index contributed by atoms with van der Waals surface area (Å²) in [7, 11) is -0.549. The molecule has 12 nitrogen and oxygen atoms in total. The van der Waals surface area contributed by atoms with Crippen molar-refractivity contribution in [1.82, 2.24) is 10.7 Å². The summed E-state index contributed by atoms with van der Waals surface area (Å²) in [5.41, 5.74) is 7.21. The molecule has 6 atom stereocenters. The molecule has 13 heteroatoms. The monoisotopic (exact) mass is 658 g/mol. The first kappa shape index (κ1) is 38.7. The zero-order valence-electron chi connectivity index (χ0n) is 29.4. The molecule has 4 fully saturated rings. The van der Waals surface area contributed by atoms with Crippen molar-refractivity contribution in [1.29, 1.82) is 5.26 Å². The Morgan fingerprint density at radius 1 is 1.09 bits per heavy atom. The lowest BCUT2D eigenvalue weighted by Crippen LogP contribution is -2.65. The first-order valence-corrected chi connectivity index (χ1v) is 18.0. The number of ketones is 1. The third kappa shape index (κ3) is 11.2. The average Bonchev–Trinajstić information content (AvgIpc) is 3.36. The second-order valence-electron chi connectivity index (χ2n) is 15.3. The SMILES string of the molecule is CC(C)C[C@H](NC(=O)[C@H](CCCN=C(N)N[N+](=O)[O-])CC(=O)CCCCCCCCCCC#N)B1O[C@@H]2C[C@@H]3C[C@@H](C3(C)C)[C@]2(C)O1. The Bertz CT molecular complexity index is 1130. The van der Waals surface area contributed by atoms with Crippen molar-refractivity contribution >= 4 is 24.8 Å². The Morgan fingerprint density at radius 3 is 2.36 bits per heavy atom. The standard InChI is InChI=1S/C34H59BN6O6/c1-24(2)20-30(35-46-29-23-26-22-28(33(26,3)4)34(29,5)47-35)39-31(43)25(16-15-19-38-32(37)40-41(44)45)21-27(42)17-13-11-9-7-6-8-10-12-14-18-36/h24-26,28-30H,6-17,19-23H2,1-5H3,(H,39,43)(H3,37,38,40)/t25-,26+,28+,29-,30+,34+/m1/s1. The fourth-order valence-corrected chi connectivity index (χ4v) is 8.07. The maximum atomic E-state index is 13.9. The predicted molar refractivity (Wildman–Crippen MR) is 182 cm³/mol. The van der Waals surface area contributed by atoms with Gasteiger partial charge in [-0.3, -0.25) is 9.59 Å². The van der Waals surface area contributed by atoms with Crippen LogP contribution in [0.5, 0.6) is 0 Å². The van der Waals surface area contributed by atoms with E-state index in [1.807, 2.05) is 5.43 Å². The Kier molecular flexibility index (Phi) is 15.0. The van der Waals surface area contributed by atoms with Crippen molar-refractivity contribution in [3.63, 3.8) is 0 Å². The van der Waals surface area contributed by atoms with Gasteiger partial charge in [0.1, 0.15) is 5.78 Å². The summed E-state index contributed by atoms with van der Waals surface area (Å²) >= 11 is 0. The van der Waals surface area contributed by atoms with Crippen LogP contribution in [0.3, 0.4) is 0 Å². The van der Waals surface area contributed by atoms with E-state index in [1.165, 1.54) is 0 Å². The second kappa shape index (κ2) is 18.2. The number of rotatable bonds is 22. The van der Waals surface area contributed by atoms with E-state index < -0.39 is 18.1 Å². The van der Waals surface area contributed by atoms with Crippen LogP contribution in [0.15, 0.2) is 4.99 Å². The second-order valence-corrected chi connectivity index (χ2v) is 15.3. The minimum absolute atomic E-state index is 0.00729. The smallest absolute Gasteiger partial charge is 0.404 e. The topological polar surface area (TPSA) is 182 Å². The number of carbonyl (C=O) groups excluding carboxylic acids is 2. The number of nitriles is 1. The highest BCUT2D eigenvalue weighted by atomic mass is 16.7. The van der Waals surface area contributed by atoms with Gasteiger partial charge in [-0.15, -0.1) is 0 Å². The van der Waals surface area contributed by atoms with E-state index in [1.54, 1.807) is 0 Å². The molecule has 4 N–H and O–H groups in total. The molecule has 3 aliphatic carbocycles. The largest absolute Gasteiger partial charge is 0.481 e. The van der Waals surface area contributed by atoms with E-state index in [9.17, 15) is 19.7 Å². The Balaban J connectivity index is 1.57. The van der Waals surface area contributed by atoms with Gasteiger partial charge >= 0.3 is 7.12 Å². The minimum atomic E-state index is -0.770. The molecule has 264 valence electrons. The number of guanidine groups is 1. The molecule has 0 aromatic carbocycles. The number of hydrogen-bond donors (Lipinski definition) is 3. The molecule has 47 heavy (non-hydrogen) atoms. The van der Waals surface area contributed by atoms with Crippen molar-refractivity contribution in [2.24, 2.45) is 39.8 Å². The molecular weight excluding hydrogens is 599 g/mol. The van der Waals surface area contributed by atoms with Gasteiger partial charge in [-0.25, -0.2) is 15.1 Å². The normalized spacial score (nSPS) is 25.8. The van der Waals surface area contributed by atoms with Gasteiger partial charge in [-0.05, 0) is 75.0 Å². The average molecular weight is 659 g/mol. The molecular formula is C34H59BN6O6. The van der Waals surface area contributed by atoms with Crippen molar-refractivity contribution in [2.75, 3.05) is 6.54 Å². The van der Waals surface area contributed by atoms with Gasteiger partial charge in [0, 0.05) is 31.7 Å². The number of hydrogen-bond acceptors (Lipinski definition) is 8. The number of hydrazine groups is 1. The van der Waals surface area contributed by atoms with Crippen LogP contribution in [-0.4, -0.2) is 54.0 Å². The molecule has 0 aromatic heterocycles. The molecule has 0 aromatic rings. The van der Waals surface area contributed by atoms with Crippen LogP contribution < -0.4 is 16.5 Å². The third-order valence-corrected chi connectivity index (χ3v) is 10.9. The van der Waals surface area contributed by atoms with Crippen LogP contribution >= 0.6 is 0 Å². The van der Waals surface area contributed by atoms with E-state index in [-0.39, 0.29) is 59.6 Å². The van der Waals surface area contributed by atoms with Crippen molar-refractivity contribution in [3.05, 3.63) is 10.1 Å². The highest BCUT2D eigenvalue weighted by Gasteiger charge is 2.68. The highest BCUT2D eigenvalue weighted by Crippen LogP contribution is 2.65. The Labute approximate surface area is 282 Å². The van der Waals surface area contributed by atoms with E-state index in [2.05, 4.69) is 51.0 Å². The molecule has 0 radical (unpaired) electrons. The van der Waals surface area contributed by atoms with E-state index in [4.69, 9.17) is 20.3 Å². The van der Waals surface area contributed by atoms with Crippen molar-refractivity contribution < 1.29 is 23.9 Å². The fraction of sp³-hybridized carbons (Fsp3) is 0.882. The molecule has 0 unspecified atom stereocenters. The highest BCUT2D eigenvalue weighted by molar-refractivity contribution is 6.47. The maximum Gasteiger partial charge on any atom is 0.481 e. The Hall–Kier alpha value is -2.72. The molecule has 1 aliphatic heterocycles. The van der Waals surface area contributed by atoms with Crippen LogP contribution in [0, 0.1) is 50.5 Å². The lowest BCUT2D eigenvalue weighted by molar-refractivity contribution is -0.525. The van der Waals surface area contributed by atoms with Crippen molar-refractivity contribution in [3.8, 4) is 6.07 Å². The van der Waals surface area contributed by atoms with Gasteiger partial charge in [-0.2, -0.15) is 5.26 Å². The summed E-state index contributed by atoms with van der Waals surface area (Å²) in [6, 6.07) is 2.18. The summed E-state index contributed by atoms with van der Waals surface area (Å²) < 4.78 is 13.3. The molecule has 0 spiro atoms. The molecule has 1 heterocycles. The minimum Gasteiger partial charge on any atom is -0.404 e. The first-order valence-electron chi connectivity index (χ1n) is 18.0. The van der Waals surface area contributed by atoms with Crippen molar-refractivity contribution in [2.45, 2.75) is 155 Å². The summed E-state index contributed by atoms with van der Waals surface area (Å²) in [4.78, 5) is 41.6. The predicted octanol–water partition coefficient (Wildman–Crippen LogP) is 5.66.